The standard InChI is InChI=1S/C23H22N2O3S/c1-2-27-20-12-6-10-18(14-20)22(26)25-23(29)24-19-11-7-13-21(15-19)28-16-17-8-4-3-5-9-17/h3-15H,2,16H2,1H3,(H2,24,25,26,29). The number of carbonyl (C=O) groups is 1. The molecule has 0 bridgehead atoms. The molecular formula is C23H22N2O3S. The number of benzene rings is 3. The van der Waals surface area contributed by atoms with Crippen molar-refractivity contribution in [3.8, 4) is 11.5 Å². The normalized spacial score (nSPS) is 10.1. The summed E-state index contributed by atoms with van der Waals surface area (Å²) in [5.41, 5.74) is 2.28. The number of nitrogens with one attached hydrogen (secondary N) is 2. The molecule has 0 atom stereocenters. The Kier molecular flexibility index (Phi) is 7.19. The van der Waals surface area contributed by atoms with Gasteiger partial charge in [0.15, 0.2) is 5.11 Å². The van der Waals surface area contributed by atoms with Gasteiger partial charge in [-0.05, 0) is 55.0 Å². The largest absolute Gasteiger partial charge is 0.494 e. The summed E-state index contributed by atoms with van der Waals surface area (Å²) >= 11 is 5.27. The first-order valence-corrected chi connectivity index (χ1v) is 9.67. The van der Waals surface area contributed by atoms with Gasteiger partial charge in [0.2, 0.25) is 0 Å². The molecule has 0 aromatic heterocycles. The Hall–Kier alpha value is -3.38. The third-order valence-corrected chi connectivity index (χ3v) is 4.18. The molecule has 148 valence electrons. The lowest BCUT2D eigenvalue weighted by Crippen LogP contribution is -2.34. The highest BCUT2D eigenvalue weighted by Gasteiger charge is 2.09. The van der Waals surface area contributed by atoms with Gasteiger partial charge in [0.25, 0.3) is 5.91 Å². The Bertz CT molecular complexity index is 977. The molecule has 0 aliphatic carbocycles. The molecule has 1 amide bonds. The molecular weight excluding hydrogens is 384 g/mol. The van der Waals surface area contributed by atoms with E-state index in [2.05, 4.69) is 10.6 Å². The van der Waals surface area contributed by atoms with Crippen LogP contribution in [0.4, 0.5) is 5.69 Å². The fourth-order valence-corrected chi connectivity index (χ4v) is 2.85. The molecule has 0 aliphatic rings. The summed E-state index contributed by atoms with van der Waals surface area (Å²) < 4.78 is 11.2. The van der Waals surface area contributed by atoms with E-state index >= 15 is 0 Å². The molecule has 0 saturated heterocycles. The minimum absolute atomic E-state index is 0.206. The Balaban J connectivity index is 1.56. The van der Waals surface area contributed by atoms with E-state index in [1.54, 1.807) is 24.3 Å². The molecule has 0 unspecified atom stereocenters. The maximum Gasteiger partial charge on any atom is 0.257 e. The molecule has 0 radical (unpaired) electrons. The number of ether oxygens (including phenoxy) is 2. The lowest BCUT2D eigenvalue weighted by atomic mass is 10.2. The summed E-state index contributed by atoms with van der Waals surface area (Å²) in [4.78, 5) is 12.4. The summed E-state index contributed by atoms with van der Waals surface area (Å²) in [6.07, 6.45) is 0. The second kappa shape index (κ2) is 10.2. The SMILES string of the molecule is CCOc1cccc(C(=O)NC(=S)Nc2cccc(OCc3ccccc3)c2)c1. The molecule has 2 N–H and O–H groups in total. The third-order valence-electron chi connectivity index (χ3n) is 3.97. The number of carbonyl (C=O) groups excluding carboxylic acids is 1. The second-order valence-corrected chi connectivity index (χ2v) is 6.58. The lowest BCUT2D eigenvalue weighted by Gasteiger charge is -2.12. The van der Waals surface area contributed by atoms with Crippen LogP contribution in [0, 0.1) is 0 Å². The van der Waals surface area contributed by atoms with Crippen molar-refractivity contribution >= 4 is 28.9 Å². The molecule has 5 nitrogen and oxygen atoms in total. The summed E-state index contributed by atoms with van der Waals surface area (Å²) in [5.74, 6) is 1.04. The Morgan fingerprint density at radius 3 is 2.38 bits per heavy atom. The number of amides is 1. The van der Waals surface area contributed by atoms with Crippen molar-refractivity contribution in [1.82, 2.24) is 5.32 Å². The van der Waals surface area contributed by atoms with Gasteiger partial charge >= 0.3 is 0 Å². The number of hydrogen-bond donors (Lipinski definition) is 2. The third kappa shape index (κ3) is 6.33. The van der Waals surface area contributed by atoms with Crippen LogP contribution in [-0.2, 0) is 6.61 Å². The number of thiocarbonyl (C=S) groups is 1. The van der Waals surface area contributed by atoms with Gasteiger partial charge < -0.3 is 14.8 Å². The van der Waals surface area contributed by atoms with Gasteiger partial charge in [-0.1, -0.05) is 42.5 Å². The quantitative estimate of drug-likeness (QED) is 0.553. The van der Waals surface area contributed by atoms with Crippen LogP contribution >= 0.6 is 12.2 Å². The van der Waals surface area contributed by atoms with Gasteiger partial charge in [-0.2, -0.15) is 0 Å². The van der Waals surface area contributed by atoms with Crippen LogP contribution in [0.2, 0.25) is 0 Å². The van der Waals surface area contributed by atoms with Gasteiger partial charge in [0.05, 0.1) is 6.61 Å². The first-order chi connectivity index (χ1) is 14.1. The average molecular weight is 407 g/mol. The minimum atomic E-state index is -0.305. The maximum atomic E-state index is 12.4. The van der Waals surface area contributed by atoms with Crippen molar-refractivity contribution in [3.63, 3.8) is 0 Å². The van der Waals surface area contributed by atoms with Gasteiger partial charge in [0, 0.05) is 17.3 Å². The molecule has 29 heavy (non-hydrogen) atoms. The van der Waals surface area contributed by atoms with Crippen molar-refractivity contribution < 1.29 is 14.3 Å². The van der Waals surface area contributed by atoms with Gasteiger partial charge in [-0.15, -0.1) is 0 Å². The fourth-order valence-electron chi connectivity index (χ4n) is 2.64. The van der Waals surface area contributed by atoms with Crippen LogP contribution in [0.3, 0.4) is 0 Å². The van der Waals surface area contributed by atoms with Gasteiger partial charge in [-0.3, -0.25) is 10.1 Å². The predicted octanol–water partition coefficient (Wildman–Crippen LogP) is 4.79. The molecule has 0 spiro atoms. The minimum Gasteiger partial charge on any atom is -0.494 e. The Labute approximate surface area is 175 Å². The zero-order chi connectivity index (χ0) is 20.5. The van der Waals surface area contributed by atoms with Crippen molar-refractivity contribution in [2.75, 3.05) is 11.9 Å². The number of rotatable bonds is 7. The molecule has 3 rings (SSSR count). The molecule has 0 heterocycles. The van der Waals surface area contributed by atoms with Crippen LogP contribution in [-0.4, -0.2) is 17.6 Å². The Morgan fingerprint density at radius 2 is 1.62 bits per heavy atom. The molecule has 3 aromatic rings. The average Bonchev–Trinajstić information content (AvgIpc) is 2.74. The molecule has 0 aliphatic heterocycles. The molecule has 0 saturated carbocycles. The van der Waals surface area contributed by atoms with E-state index in [0.29, 0.717) is 30.3 Å². The lowest BCUT2D eigenvalue weighted by molar-refractivity contribution is 0.0977. The van der Waals surface area contributed by atoms with Crippen LogP contribution in [0.5, 0.6) is 11.5 Å². The van der Waals surface area contributed by atoms with E-state index in [4.69, 9.17) is 21.7 Å². The second-order valence-electron chi connectivity index (χ2n) is 6.17. The predicted molar refractivity (Wildman–Crippen MR) is 119 cm³/mol. The smallest absolute Gasteiger partial charge is 0.257 e. The van der Waals surface area contributed by atoms with E-state index in [-0.39, 0.29) is 11.0 Å². The topological polar surface area (TPSA) is 59.6 Å². The van der Waals surface area contributed by atoms with Crippen molar-refractivity contribution in [2.24, 2.45) is 0 Å². The first-order valence-electron chi connectivity index (χ1n) is 9.26. The van der Waals surface area contributed by atoms with Crippen LogP contribution in [0.15, 0.2) is 78.9 Å². The monoisotopic (exact) mass is 406 g/mol. The summed E-state index contributed by atoms with van der Waals surface area (Å²) in [6.45, 7) is 2.90. The first kappa shape index (κ1) is 20.4. The summed E-state index contributed by atoms with van der Waals surface area (Å²) in [5, 5.41) is 5.89. The van der Waals surface area contributed by atoms with Gasteiger partial charge in [0.1, 0.15) is 18.1 Å². The van der Waals surface area contributed by atoms with E-state index in [1.165, 1.54) is 0 Å². The zero-order valence-corrected chi connectivity index (χ0v) is 16.9. The summed E-state index contributed by atoms with van der Waals surface area (Å²) in [6, 6.07) is 24.3. The van der Waals surface area contributed by atoms with Crippen LogP contribution in [0.25, 0.3) is 0 Å². The van der Waals surface area contributed by atoms with Crippen molar-refractivity contribution in [1.29, 1.82) is 0 Å². The van der Waals surface area contributed by atoms with Crippen molar-refractivity contribution in [2.45, 2.75) is 13.5 Å². The maximum absolute atomic E-state index is 12.4. The highest BCUT2D eigenvalue weighted by molar-refractivity contribution is 7.80. The molecule has 3 aromatic carbocycles. The van der Waals surface area contributed by atoms with Gasteiger partial charge in [-0.25, -0.2) is 0 Å². The number of hydrogen-bond acceptors (Lipinski definition) is 4. The van der Waals surface area contributed by atoms with E-state index in [0.717, 1.165) is 11.3 Å². The van der Waals surface area contributed by atoms with Crippen LogP contribution < -0.4 is 20.1 Å². The fraction of sp³-hybridized carbons (Fsp3) is 0.130. The highest BCUT2D eigenvalue weighted by atomic mass is 32.1. The van der Waals surface area contributed by atoms with E-state index in [9.17, 15) is 4.79 Å². The Morgan fingerprint density at radius 1 is 0.897 bits per heavy atom. The highest BCUT2D eigenvalue weighted by Crippen LogP contribution is 2.19. The molecule has 0 fully saturated rings. The van der Waals surface area contributed by atoms with E-state index < -0.39 is 0 Å². The number of anilines is 1. The van der Waals surface area contributed by atoms with E-state index in [1.807, 2.05) is 61.5 Å². The summed E-state index contributed by atoms with van der Waals surface area (Å²) in [7, 11) is 0. The molecule has 6 heteroatoms. The van der Waals surface area contributed by atoms with Crippen LogP contribution in [0.1, 0.15) is 22.8 Å². The zero-order valence-electron chi connectivity index (χ0n) is 16.1. The van der Waals surface area contributed by atoms with Crippen molar-refractivity contribution in [3.05, 3.63) is 90.0 Å².